The number of hydrogen-bond acceptors (Lipinski definition) is 5. The Kier molecular flexibility index (Phi) is 3.11. The van der Waals surface area contributed by atoms with Gasteiger partial charge in [0, 0.05) is 5.02 Å². The Morgan fingerprint density at radius 1 is 1.33 bits per heavy atom. The van der Waals surface area contributed by atoms with Crippen LogP contribution in [0.25, 0.3) is 10.2 Å². The Morgan fingerprint density at radius 2 is 2.22 bits per heavy atom. The van der Waals surface area contributed by atoms with E-state index in [0.717, 1.165) is 14.6 Å². The Balaban J connectivity index is 1.92. The van der Waals surface area contributed by atoms with Crippen LogP contribution in [0.5, 0.6) is 0 Å². The SMILES string of the molecule is O=Cc1ccc(Sc2nc3cc(Cl)ccc3s2)o1. The molecule has 0 saturated heterocycles. The molecule has 6 heteroatoms. The van der Waals surface area contributed by atoms with Crippen LogP contribution in [0.1, 0.15) is 10.6 Å². The quantitative estimate of drug-likeness (QED) is 0.667. The lowest BCUT2D eigenvalue weighted by molar-refractivity contribution is 0.109. The van der Waals surface area contributed by atoms with Crippen molar-refractivity contribution in [1.29, 1.82) is 0 Å². The average molecular weight is 296 g/mol. The molecule has 0 spiro atoms. The normalized spacial score (nSPS) is 10.9. The van der Waals surface area contributed by atoms with Gasteiger partial charge in [-0.1, -0.05) is 11.6 Å². The van der Waals surface area contributed by atoms with Gasteiger partial charge in [0.2, 0.25) is 0 Å². The van der Waals surface area contributed by atoms with Crippen LogP contribution in [-0.2, 0) is 0 Å². The van der Waals surface area contributed by atoms with Crippen LogP contribution in [0, 0.1) is 0 Å². The van der Waals surface area contributed by atoms with E-state index in [9.17, 15) is 4.79 Å². The maximum Gasteiger partial charge on any atom is 0.185 e. The number of furan rings is 1. The number of thiazole rings is 1. The van der Waals surface area contributed by atoms with Gasteiger partial charge in [-0.2, -0.15) is 0 Å². The van der Waals surface area contributed by atoms with Crippen molar-refractivity contribution in [2.45, 2.75) is 9.43 Å². The highest BCUT2D eigenvalue weighted by atomic mass is 35.5. The molecule has 90 valence electrons. The van der Waals surface area contributed by atoms with Crippen molar-refractivity contribution in [2.24, 2.45) is 0 Å². The smallest absolute Gasteiger partial charge is 0.185 e. The Morgan fingerprint density at radius 3 is 3.00 bits per heavy atom. The molecule has 18 heavy (non-hydrogen) atoms. The van der Waals surface area contributed by atoms with Crippen LogP contribution in [0.4, 0.5) is 0 Å². The van der Waals surface area contributed by atoms with Crippen LogP contribution in [-0.4, -0.2) is 11.3 Å². The zero-order valence-corrected chi connectivity index (χ0v) is 11.3. The van der Waals surface area contributed by atoms with Gasteiger partial charge in [0.15, 0.2) is 21.5 Å². The topological polar surface area (TPSA) is 43.1 Å². The molecule has 0 radical (unpaired) electrons. The van der Waals surface area contributed by atoms with Crippen molar-refractivity contribution in [3.63, 3.8) is 0 Å². The zero-order chi connectivity index (χ0) is 12.5. The van der Waals surface area contributed by atoms with Crippen molar-refractivity contribution in [3.05, 3.63) is 41.1 Å². The van der Waals surface area contributed by atoms with Crippen molar-refractivity contribution in [1.82, 2.24) is 4.98 Å². The van der Waals surface area contributed by atoms with Gasteiger partial charge in [-0.25, -0.2) is 4.98 Å². The summed E-state index contributed by atoms with van der Waals surface area (Å²) in [6, 6.07) is 9.01. The minimum absolute atomic E-state index is 0.321. The number of halogens is 1. The highest BCUT2D eigenvalue weighted by Gasteiger charge is 2.09. The Bertz CT molecular complexity index is 720. The van der Waals surface area contributed by atoms with E-state index in [1.54, 1.807) is 23.5 Å². The van der Waals surface area contributed by atoms with Gasteiger partial charge >= 0.3 is 0 Å². The lowest BCUT2D eigenvalue weighted by Crippen LogP contribution is -1.70. The molecule has 0 aliphatic heterocycles. The molecule has 0 fully saturated rings. The first-order valence-corrected chi connectivity index (χ1v) is 7.04. The summed E-state index contributed by atoms with van der Waals surface area (Å²) >= 11 is 8.87. The number of hydrogen-bond donors (Lipinski definition) is 0. The number of benzene rings is 1. The fourth-order valence-corrected chi connectivity index (χ4v) is 3.58. The first-order chi connectivity index (χ1) is 8.74. The number of nitrogens with zero attached hydrogens (tertiary/aromatic N) is 1. The summed E-state index contributed by atoms with van der Waals surface area (Å²) in [5, 5.41) is 1.33. The molecule has 0 N–H and O–H groups in total. The van der Waals surface area contributed by atoms with Gasteiger partial charge < -0.3 is 4.42 Å². The number of fused-ring (bicyclic) bond motifs is 1. The van der Waals surface area contributed by atoms with Gasteiger partial charge in [0.1, 0.15) is 0 Å². The number of carbonyl (C=O) groups is 1. The van der Waals surface area contributed by atoms with E-state index in [-0.39, 0.29) is 0 Å². The lowest BCUT2D eigenvalue weighted by Gasteiger charge is -1.89. The van der Waals surface area contributed by atoms with E-state index in [1.165, 1.54) is 11.8 Å². The predicted molar refractivity (Wildman–Crippen MR) is 72.8 cm³/mol. The molecule has 3 rings (SSSR count). The first-order valence-electron chi connectivity index (χ1n) is 5.03. The minimum Gasteiger partial charge on any atom is -0.447 e. The fourth-order valence-electron chi connectivity index (χ4n) is 1.46. The van der Waals surface area contributed by atoms with E-state index in [1.807, 2.05) is 18.2 Å². The van der Waals surface area contributed by atoms with Crippen LogP contribution in [0.2, 0.25) is 5.02 Å². The standard InChI is InChI=1S/C12H6ClNO2S2/c13-7-1-3-10-9(5-7)14-12(17-10)18-11-4-2-8(6-15)16-11/h1-6H. The molecule has 0 atom stereocenters. The molecule has 3 nitrogen and oxygen atoms in total. The summed E-state index contributed by atoms with van der Waals surface area (Å²) in [6.07, 6.45) is 0.683. The predicted octanol–water partition coefficient (Wildman–Crippen LogP) is 4.51. The number of carbonyl (C=O) groups excluding carboxylic acids is 1. The third kappa shape index (κ3) is 2.29. The second-order valence-corrected chi connectivity index (χ2v) is 6.19. The summed E-state index contributed by atoms with van der Waals surface area (Å²) in [5.41, 5.74) is 0.872. The van der Waals surface area contributed by atoms with Crippen molar-refractivity contribution >= 4 is 51.2 Å². The summed E-state index contributed by atoms with van der Waals surface area (Å²) < 4.78 is 7.23. The molecule has 0 unspecified atom stereocenters. The van der Waals surface area contributed by atoms with E-state index in [2.05, 4.69) is 4.98 Å². The van der Waals surface area contributed by atoms with Crippen molar-refractivity contribution < 1.29 is 9.21 Å². The third-order valence-electron chi connectivity index (χ3n) is 2.24. The molecule has 0 amide bonds. The Hall–Kier alpha value is -1.30. The van der Waals surface area contributed by atoms with Crippen molar-refractivity contribution in [2.75, 3.05) is 0 Å². The molecular formula is C12H6ClNO2S2. The highest BCUT2D eigenvalue weighted by Crippen LogP contribution is 2.35. The fraction of sp³-hybridized carbons (Fsp3) is 0. The largest absolute Gasteiger partial charge is 0.447 e. The number of aromatic nitrogens is 1. The molecule has 2 heterocycles. The summed E-state index contributed by atoms with van der Waals surface area (Å²) in [5.74, 6) is 0.321. The second-order valence-electron chi connectivity index (χ2n) is 3.47. The minimum atomic E-state index is 0.321. The molecule has 1 aromatic carbocycles. The zero-order valence-electron chi connectivity index (χ0n) is 8.92. The van der Waals surface area contributed by atoms with Crippen molar-refractivity contribution in [3.8, 4) is 0 Å². The first kappa shape index (κ1) is 11.8. The van der Waals surface area contributed by atoms with E-state index < -0.39 is 0 Å². The average Bonchev–Trinajstić information content (AvgIpc) is 2.95. The third-order valence-corrected chi connectivity index (χ3v) is 4.49. The van der Waals surface area contributed by atoms with Crippen LogP contribution in [0.15, 0.2) is 44.2 Å². The lowest BCUT2D eigenvalue weighted by atomic mass is 10.3. The molecule has 0 saturated carbocycles. The number of aldehydes is 1. The van der Waals surface area contributed by atoms with Crippen LogP contribution in [0.3, 0.4) is 0 Å². The molecule has 0 bridgehead atoms. The molecule has 0 aliphatic carbocycles. The molecule has 0 aliphatic rings. The molecule has 2 aromatic heterocycles. The van der Waals surface area contributed by atoms with E-state index >= 15 is 0 Å². The van der Waals surface area contributed by atoms with Crippen LogP contribution >= 0.6 is 34.7 Å². The van der Waals surface area contributed by atoms with E-state index in [4.69, 9.17) is 16.0 Å². The summed E-state index contributed by atoms with van der Waals surface area (Å²) in [7, 11) is 0. The summed E-state index contributed by atoms with van der Waals surface area (Å²) in [6.45, 7) is 0. The number of rotatable bonds is 3. The van der Waals surface area contributed by atoms with Gasteiger partial charge in [0.05, 0.1) is 10.2 Å². The second kappa shape index (κ2) is 4.76. The highest BCUT2D eigenvalue weighted by molar-refractivity contribution is 8.01. The Labute approximate surface area is 116 Å². The van der Waals surface area contributed by atoms with Crippen LogP contribution < -0.4 is 0 Å². The monoisotopic (exact) mass is 295 g/mol. The van der Waals surface area contributed by atoms with Gasteiger partial charge in [-0.05, 0) is 42.1 Å². The molecular weight excluding hydrogens is 290 g/mol. The maximum atomic E-state index is 10.5. The molecule has 3 aromatic rings. The van der Waals surface area contributed by atoms with Gasteiger partial charge in [-0.15, -0.1) is 11.3 Å². The summed E-state index contributed by atoms with van der Waals surface area (Å²) in [4.78, 5) is 15.0. The van der Waals surface area contributed by atoms with Gasteiger partial charge in [-0.3, -0.25) is 4.79 Å². The maximum absolute atomic E-state index is 10.5. The van der Waals surface area contributed by atoms with E-state index in [0.29, 0.717) is 22.2 Å². The van der Waals surface area contributed by atoms with Gasteiger partial charge in [0.25, 0.3) is 0 Å².